The van der Waals surface area contributed by atoms with E-state index in [0.717, 1.165) is 12.8 Å². The number of carbonyl (C=O) groups is 1. The number of halogens is 2. The summed E-state index contributed by atoms with van der Waals surface area (Å²) in [5.74, 6) is -2.32. The van der Waals surface area contributed by atoms with Crippen molar-refractivity contribution in [2.45, 2.75) is 46.0 Å². The van der Waals surface area contributed by atoms with E-state index in [-0.39, 0.29) is 12.0 Å². The number of carboxylic acid groups (broad SMARTS) is 1. The lowest BCUT2D eigenvalue weighted by Crippen LogP contribution is -2.33. The fourth-order valence-corrected chi connectivity index (χ4v) is 2.28. The average molecular weight is 270 g/mol. The molecular formula is C15H20F2O2. The van der Waals surface area contributed by atoms with Crippen LogP contribution >= 0.6 is 0 Å². The van der Waals surface area contributed by atoms with Crippen LogP contribution in [0.2, 0.25) is 0 Å². The van der Waals surface area contributed by atoms with E-state index in [1.165, 1.54) is 18.2 Å². The van der Waals surface area contributed by atoms with Gasteiger partial charge in [0.25, 0.3) is 0 Å². The lowest BCUT2D eigenvalue weighted by molar-refractivity contribution is -0.149. The summed E-state index contributed by atoms with van der Waals surface area (Å²) >= 11 is 0. The molecule has 0 fully saturated rings. The summed E-state index contributed by atoms with van der Waals surface area (Å²) in [6.45, 7) is 3.72. The molecule has 4 heteroatoms. The van der Waals surface area contributed by atoms with Crippen LogP contribution < -0.4 is 0 Å². The van der Waals surface area contributed by atoms with E-state index in [1.54, 1.807) is 6.92 Å². The molecule has 0 saturated heterocycles. The highest BCUT2D eigenvalue weighted by molar-refractivity contribution is 5.75. The van der Waals surface area contributed by atoms with Crippen LogP contribution in [0.1, 0.15) is 45.1 Å². The minimum atomic E-state index is -1.08. The Balaban J connectivity index is 3.10. The van der Waals surface area contributed by atoms with Gasteiger partial charge in [0.15, 0.2) is 0 Å². The van der Waals surface area contributed by atoms with E-state index >= 15 is 0 Å². The standard InChI is InChI=1S/C15H20F2O2/c1-3-5-9-15(4-2,14(18)19)10-11-12(16)7-6-8-13(11)17/h6-8H,3-5,9-10H2,1-2H3,(H,18,19). The highest BCUT2D eigenvalue weighted by Gasteiger charge is 2.37. The monoisotopic (exact) mass is 270 g/mol. The van der Waals surface area contributed by atoms with E-state index in [2.05, 4.69) is 0 Å². The molecule has 0 amide bonds. The number of hydrogen-bond donors (Lipinski definition) is 1. The number of unbranched alkanes of at least 4 members (excludes halogenated alkanes) is 1. The van der Waals surface area contributed by atoms with Crippen molar-refractivity contribution in [1.82, 2.24) is 0 Å². The number of hydrogen-bond acceptors (Lipinski definition) is 1. The topological polar surface area (TPSA) is 37.3 Å². The van der Waals surface area contributed by atoms with Gasteiger partial charge in [-0.3, -0.25) is 4.79 Å². The number of rotatable bonds is 7. The fraction of sp³-hybridized carbons (Fsp3) is 0.533. The lowest BCUT2D eigenvalue weighted by atomic mass is 9.75. The Morgan fingerprint density at radius 2 is 1.84 bits per heavy atom. The van der Waals surface area contributed by atoms with Crippen LogP contribution in [0.15, 0.2) is 18.2 Å². The summed E-state index contributed by atoms with van der Waals surface area (Å²) < 4.78 is 27.3. The zero-order chi connectivity index (χ0) is 14.5. The Morgan fingerprint density at radius 1 is 1.26 bits per heavy atom. The minimum absolute atomic E-state index is 0.0999. The summed E-state index contributed by atoms with van der Waals surface area (Å²) in [6.07, 6.45) is 2.28. The first-order chi connectivity index (χ1) is 8.96. The first-order valence-electron chi connectivity index (χ1n) is 6.63. The second kappa shape index (κ2) is 6.64. The summed E-state index contributed by atoms with van der Waals surface area (Å²) in [7, 11) is 0. The smallest absolute Gasteiger partial charge is 0.309 e. The SMILES string of the molecule is CCCCC(CC)(Cc1c(F)cccc1F)C(=O)O. The predicted molar refractivity (Wildman–Crippen MR) is 69.9 cm³/mol. The summed E-state index contributed by atoms with van der Waals surface area (Å²) in [5.41, 5.74) is -1.21. The zero-order valence-corrected chi connectivity index (χ0v) is 11.4. The average Bonchev–Trinajstić information content (AvgIpc) is 2.37. The normalized spacial score (nSPS) is 14.1. The molecule has 0 aliphatic carbocycles. The van der Waals surface area contributed by atoms with Gasteiger partial charge in [-0.15, -0.1) is 0 Å². The van der Waals surface area contributed by atoms with Crippen LogP contribution in [0.5, 0.6) is 0 Å². The largest absolute Gasteiger partial charge is 0.481 e. The second-order valence-corrected chi connectivity index (χ2v) is 4.92. The van der Waals surface area contributed by atoms with E-state index in [4.69, 9.17) is 0 Å². The summed E-state index contributed by atoms with van der Waals surface area (Å²) in [5, 5.41) is 9.45. The fourth-order valence-electron chi connectivity index (χ4n) is 2.28. The van der Waals surface area contributed by atoms with Crippen LogP contribution in [-0.2, 0) is 11.2 Å². The molecule has 0 aliphatic rings. The van der Waals surface area contributed by atoms with Crippen molar-refractivity contribution in [3.8, 4) is 0 Å². The van der Waals surface area contributed by atoms with Gasteiger partial charge in [0.05, 0.1) is 5.41 Å². The van der Waals surface area contributed by atoms with E-state index in [0.29, 0.717) is 12.8 Å². The van der Waals surface area contributed by atoms with E-state index in [9.17, 15) is 18.7 Å². The Hall–Kier alpha value is -1.45. The van der Waals surface area contributed by atoms with Gasteiger partial charge < -0.3 is 5.11 Å². The summed E-state index contributed by atoms with van der Waals surface area (Å²) in [6, 6.07) is 3.62. The van der Waals surface area contributed by atoms with Crippen molar-refractivity contribution < 1.29 is 18.7 Å². The summed E-state index contributed by atoms with van der Waals surface area (Å²) in [4.78, 5) is 11.5. The third-order valence-corrected chi connectivity index (χ3v) is 3.72. The molecule has 1 atom stereocenters. The molecule has 19 heavy (non-hydrogen) atoms. The highest BCUT2D eigenvalue weighted by atomic mass is 19.1. The van der Waals surface area contributed by atoms with Gasteiger partial charge in [-0.2, -0.15) is 0 Å². The number of carboxylic acids is 1. The molecule has 0 saturated carbocycles. The van der Waals surface area contributed by atoms with Crippen LogP contribution in [-0.4, -0.2) is 11.1 Å². The molecule has 2 nitrogen and oxygen atoms in total. The van der Waals surface area contributed by atoms with E-state index in [1.807, 2.05) is 6.92 Å². The molecular weight excluding hydrogens is 250 g/mol. The molecule has 0 aliphatic heterocycles. The predicted octanol–water partition coefficient (Wildman–Crippen LogP) is 4.18. The molecule has 0 spiro atoms. The van der Waals surface area contributed by atoms with Crippen molar-refractivity contribution >= 4 is 5.97 Å². The quantitative estimate of drug-likeness (QED) is 0.807. The van der Waals surface area contributed by atoms with Crippen LogP contribution in [0.3, 0.4) is 0 Å². The van der Waals surface area contributed by atoms with E-state index < -0.39 is 23.0 Å². The molecule has 1 unspecified atom stereocenters. The van der Waals surface area contributed by atoms with Crippen molar-refractivity contribution in [2.24, 2.45) is 5.41 Å². The van der Waals surface area contributed by atoms with Crippen molar-refractivity contribution in [3.63, 3.8) is 0 Å². The molecule has 1 rings (SSSR count). The van der Waals surface area contributed by atoms with Crippen molar-refractivity contribution in [2.75, 3.05) is 0 Å². The number of aliphatic carboxylic acids is 1. The molecule has 0 radical (unpaired) electrons. The van der Waals surface area contributed by atoms with Gasteiger partial charge in [0.1, 0.15) is 11.6 Å². The highest BCUT2D eigenvalue weighted by Crippen LogP contribution is 2.35. The molecule has 0 heterocycles. The molecule has 1 aromatic rings. The first-order valence-corrected chi connectivity index (χ1v) is 6.63. The van der Waals surface area contributed by atoms with Crippen molar-refractivity contribution in [3.05, 3.63) is 35.4 Å². The Morgan fingerprint density at radius 3 is 2.26 bits per heavy atom. The molecule has 1 aromatic carbocycles. The maximum Gasteiger partial charge on any atom is 0.309 e. The van der Waals surface area contributed by atoms with Gasteiger partial charge in [0, 0.05) is 5.56 Å². The third kappa shape index (κ3) is 3.52. The first kappa shape index (κ1) is 15.6. The minimum Gasteiger partial charge on any atom is -0.481 e. The van der Waals surface area contributed by atoms with Crippen LogP contribution in [0.4, 0.5) is 8.78 Å². The van der Waals surface area contributed by atoms with Crippen molar-refractivity contribution in [1.29, 1.82) is 0 Å². The lowest BCUT2D eigenvalue weighted by Gasteiger charge is -2.28. The van der Waals surface area contributed by atoms with Gasteiger partial charge in [-0.05, 0) is 31.4 Å². The zero-order valence-electron chi connectivity index (χ0n) is 11.4. The maximum atomic E-state index is 13.7. The molecule has 1 N–H and O–H groups in total. The molecule has 0 bridgehead atoms. The maximum absolute atomic E-state index is 13.7. The van der Waals surface area contributed by atoms with Gasteiger partial charge in [-0.1, -0.05) is 32.8 Å². The van der Waals surface area contributed by atoms with Gasteiger partial charge in [0.2, 0.25) is 0 Å². The van der Waals surface area contributed by atoms with Gasteiger partial charge >= 0.3 is 5.97 Å². The second-order valence-electron chi connectivity index (χ2n) is 4.92. The Bertz CT molecular complexity index is 426. The molecule has 0 aromatic heterocycles. The number of benzene rings is 1. The molecule has 106 valence electrons. The van der Waals surface area contributed by atoms with Crippen LogP contribution in [0, 0.1) is 17.0 Å². The Labute approximate surface area is 112 Å². The van der Waals surface area contributed by atoms with Gasteiger partial charge in [-0.25, -0.2) is 8.78 Å². The van der Waals surface area contributed by atoms with Crippen LogP contribution in [0.25, 0.3) is 0 Å². The Kier molecular flexibility index (Phi) is 5.45. The third-order valence-electron chi connectivity index (χ3n) is 3.72.